The van der Waals surface area contributed by atoms with Crippen LogP contribution in [0.2, 0.25) is 0 Å². The maximum absolute atomic E-state index is 13.6. The monoisotopic (exact) mass is 238 g/mol. The zero-order valence-corrected chi connectivity index (χ0v) is 9.74. The second-order valence-corrected chi connectivity index (χ2v) is 4.16. The standard InChI is InChI=1S/C13H15FO3/c1-9(15)10-4-5-13(12(14)7-10)17-11-3-2-6-16-8-11/h4-5,7,11H,2-3,6,8H2,1H3. The van der Waals surface area contributed by atoms with Crippen LogP contribution in [-0.4, -0.2) is 25.1 Å². The normalized spacial score (nSPS) is 20.0. The first-order valence-corrected chi connectivity index (χ1v) is 5.71. The Balaban J connectivity index is 2.08. The third-order valence-electron chi connectivity index (χ3n) is 2.75. The predicted octanol–water partition coefficient (Wildman–Crippen LogP) is 2.59. The number of benzene rings is 1. The van der Waals surface area contributed by atoms with E-state index in [9.17, 15) is 9.18 Å². The Morgan fingerprint density at radius 2 is 2.35 bits per heavy atom. The average molecular weight is 238 g/mol. The Kier molecular flexibility index (Phi) is 3.74. The third-order valence-corrected chi connectivity index (χ3v) is 2.75. The number of rotatable bonds is 3. The van der Waals surface area contributed by atoms with Gasteiger partial charge in [-0.25, -0.2) is 4.39 Å². The molecule has 0 saturated carbocycles. The van der Waals surface area contributed by atoms with Crippen LogP contribution >= 0.6 is 0 Å². The van der Waals surface area contributed by atoms with Crippen LogP contribution in [0.25, 0.3) is 0 Å². The minimum absolute atomic E-state index is 0.0959. The first kappa shape index (κ1) is 12.0. The third kappa shape index (κ3) is 3.03. The molecule has 0 radical (unpaired) electrons. The molecule has 2 rings (SSSR count). The number of ketones is 1. The van der Waals surface area contributed by atoms with Crippen molar-refractivity contribution in [3.05, 3.63) is 29.6 Å². The first-order chi connectivity index (χ1) is 8.16. The Bertz CT molecular complexity index is 411. The largest absolute Gasteiger partial charge is 0.485 e. The molecule has 0 amide bonds. The number of carbonyl (C=O) groups is 1. The fourth-order valence-electron chi connectivity index (χ4n) is 1.80. The molecule has 1 saturated heterocycles. The van der Waals surface area contributed by atoms with Crippen molar-refractivity contribution < 1.29 is 18.7 Å². The molecule has 0 spiro atoms. The topological polar surface area (TPSA) is 35.5 Å². The summed E-state index contributed by atoms with van der Waals surface area (Å²) in [7, 11) is 0. The summed E-state index contributed by atoms with van der Waals surface area (Å²) in [6.45, 7) is 2.64. The molecule has 4 heteroatoms. The van der Waals surface area contributed by atoms with Gasteiger partial charge >= 0.3 is 0 Å². The van der Waals surface area contributed by atoms with Crippen molar-refractivity contribution in [2.24, 2.45) is 0 Å². The van der Waals surface area contributed by atoms with Crippen molar-refractivity contribution in [1.29, 1.82) is 0 Å². The van der Waals surface area contributed by atoms with Crippen molar-refractivity contribution in [3.63, 3.8) is 0 Å². The smallest absolute Gasteiger partial charge is 0.165 e. The van der Waals surface area contributed by atoms with E-state index in [0.29, 0.717) is 12.2 Å². The summed E-state index contributed by atoms with van der Waals surface area (Å²) >= 11 is 0. The van der Waals surface area contributed by atoms with Crippen LogP contribution in [0.15, 0.2) is 18.2 Å². The van der Waals surface area contributed by atoms with E-state index < -0.39 is 5.82 Å². The summed E-state index contributed by atoms with van der Waals surface area (Å²) in [5.74, 6) is -0.467. The van der Waals surface area contributed by atoms with Crippen LogP contribution in [0.4, 0.5) is 4.39 Å². The Morgan fingerprint density at radius 3 is 2.94 bits per heavy atom. The maximum atomic E-state index is 13.6. The second kappa shape index (κ2) is 5.27. The van der Waals surface area contributed by atoms with E-state index in [1.165, 1.54) is 19.1 Å². The Morgan fingerprint density at radius 1 is 1.53 bits per heavy atom. The molecule has 92 valence electrons. The number of hydrogen-bond donors (Lipinski definition) is 0. The SMILES string of the molecule is CC(=O)c1ccc(OC2CCCOC2)c(F)c1. The molecule has 0 aliphatic carbocycles. The average Bonchev–Trinajstić information content (AvgIpc) is 2.33. The minimum Gasteiger partial charge on any atom is -0.485 e. The van der Waals surface area contributed by atoms with E-state index in [4.69, 9.17) is 9.47 Å². The van der Waals surface area contributed by atoms with Crippen LogP contribution in [0.1, 0.15) is 30.1 Å². The number of carbonyl (C=O) groups excluding carboxylic acids is 1. The van der Waals surface area contributed by atoms with E-state index in [-0.39, 0.29) is 17.6 Å². The van der Waals surface area contributed by atoms with Crippen LogP contribution in [0.3, 0.4) is 0 Å². The lowest BCUT2D eigenvalue weighted by Crippen LogP contribution is -2.28. The van der Waals surface area contributed by atoms with Crippen LogP contribution in [0, 0.1) is 5.82 Å². The van der Waals surface area contributed by atoms with Gasteiger partial charge in [-0.05, 0) is 38.0 Å². The molecular weight excluding hydrogens is 223 g/mol. The molecule has 17 heavy (non-hydrogen) atoms. The van der Waals surface area contributed by atoms with Gasteiger partial charge in [0.1, 0.15) is 6.10 Å². The van der Waals surface area contributed by atoms with Crippen molar-refractivity contribution >= 4 is 5.78 Å². The molecule has 1 aliphatic rings. The lowest BCUT2D eigenvalue weighted by molar-refractivity contribution is 0.00587. The molecule has 3 nitrogen and oxygen atoms in total. The second-order valence-electron chi connectivity index (χ2n) is 4.16. The number of ether oxygens (including phenoxy) is 2. The minimum atomic E-state index is -0.497. The van der Waals surface area contributed by atoms with Gasteiger partial charge in [-0.1, -0.05) is 0 Å². The van der Waals surface area contributed by atoms with E-state index in [1.54, 1.807) is 6.07 Å². The number of hydrogen-bond acceptors (Lipinski definition) is 3. The van der Waals surface area contributed by atoms with Crippen molar-refractivity contribution in [2.45, 2.75) is 25.9 Å². The van der Waals surface area contributed by atoms with Gasteiger partial charge < -0.3 is 9.47 Å². The maximum Gasteiger partial charge on any atom is 0.165 e. The van der Waals surface area contributed by atoms with Gasteiger partial charge in [0.25, 0.3) is 0 Å². The summed E-state index contributed by atoms with van der Waals surface area (Å²) < 4.78 is 24.4. The summed E-state index contributed by atoms with van der Waals surface area (Å²) in [6, 6.07) is 4.28. The highest BCUT2D eigenvalue weighted by Crippen LogP contribution is 2.22. The first-order valence-electron chi connectivity index (χ1n) is 5.71. The molecule has 1 atom stereocenters. The van der Waals surface area contributed by atoms with Crippen molar-refractivity contribution in [2.75, 3.05) is 13.2 Å². The zero-order valence-electron chi connectivity index (χ0n) is 9.74. The fraction of sp³-hybridized carbons (Fsp3) is 0.462. The molecule has 1 aromatic carbocycles. The fourth-order valence-corrected chi connectivity index (χ4v) is 1.80. The molecular formula is C13H15FO3. The quantitative estimate of drug-likeness (QED) is 0.759. The molecule has 1 aliphatic heterocycles. The summed E-state index contributed by atoms with van der Waals surface area (Å²) in [5, 5.41) is 0. The highest BCUT2D eigenvalue weighted by Gasteiger charge is 2.17. The van der Waals surface area contributed by atoms with Gasteiger partial charge in [0.15, 0.2) is 17.3 Å². The van der Waals surface area contributed by atoms with Gasteiger partial charge in [0.05, 0.1) is 6.61 Å². The molecule has 0 N–H and O–H groups in total. The molecule has 1 fully saturated rings. The van der Waals surface area contributed by atoms with E-state index in [1.807, 2.05) is 0 Å². The van der Waals surface area contributed by atoms with Crippen LogP contribution in [-0.2, 0) is 4.74 Å². The highest BCUT2D eigenvalue weighted by molar-refractivity contribution is 5.94. The highest BCUT2D eigenvalue weighted by atomic mass is 19.1. The van der Waals surface area contributed by atoms with Gasteiger partial charge in [0.2, 0.25) is 0 Å². The number of halogens is 1. The van der Waals surface area contributed by atoms with Gasteiger partial charge in [-0.15, -0.1) is 0 Å². The van der Waals surface area contributed by atoms with Crippen molar-refractivity contribution in [3.8, 4) is 5.75 Å². The summed E-state index contributed by atoms with van der Waals surface area (Å²) in [4.78, 5) is 11.1. The van der Waals surface area contributed by atoms with E-state index >= 15 is 0 Å². The molecule has 1 unspecified atom stereocenters. The molecule has 0 aromatic heterocycles. The zero-order chi connectivity index (χ0) is 12.3. The van der Waals surface area contributed by atoms with E-state index in [0.717, 1.165) is 19.4 Å². The lowest BCUT2D eigenvalue weighted by atomic mass is 10.1. The summed E-state index contributed by atoms with van der Waals surface area (Å²) in [5.41, 5.74) is 0.356. The Labute approximate surface area is 99.5 Å². The number of Topliss-reactive ketones (excluding diaryl/α,β-unsaturated/α-hetero) is 1. The van der Waals surface area contributed by atoms with Gasteiger partial charge in [-0.3, -0.25) is 4.79 Å². The van der Waals surface area contributed by atoms with E-state index in [2.05, 4.69) is 0 Å². The van der Waals surface area contributed by atoms with Crippen LogP contribution < -0.4 is 4.74 Å². The predicted molar refractivity (Wildman–Crippen MR) is 60.9 cm³/mol. The lowest BCUT2D eigenvalue weighted by Gasteiger charge is -2.23. The van der Waals surface area contributed by atoms with Crippen LogP contribution in [0.5, 0.6) is 5.75 Å². The van der Waals surface area contributed by atoms with Gasteiger partial charge in [-0.2, -0.15) is 0 Å². The van der Waals surface area contributed by atoms with Crippen molar-refractivity contribution in [1.82, 2.24) is 0 Å². The molecule has 0 bridgehead atoms. The molecule has 1 aromatic rings. The molecule has 1 heterocycles. The Hall–Kier alpha value is -1.42. The van der Waals surface area contributed by atoms with Gasteiger partial charge in [0, 0.05) is 12.2 Å². The summed E-state index contributed by atoms with van der Waals surface area (Å²) in [6.07, 6.45) is 1.70.